The van der Waals surface area contributed by atoms with Gasteiger partial charge in [-0.15, -0.1) is 0 Å². The molecule has 0 N–H and O–H groups in total. The second kappa shape index (κ2) is 9.44. The minimum atomic E-state index is 0.142. The van der Waals surface area contributed by atoms with E-state index in [2.05, 4.69) is 40.5 Å². The van der Waals surface area contributed by atoms with Crippen LogP contribution in [0.25, 0.3) is 0 Å². The lowest BCUT2D eigenvalue weighted by molar-refractivity contribution is -0.130. The third-order valence-electron chi connectivity index (χ3n) is 4.25. The first-order chi connectivity index (χ1) is 11.6. The second-order valence-electron chi connectivity index (χ2n) is 5.61. The van der Waals surface area contributed by atoms with Crippen LogP contribution in [0.5, 0.6) is 0 Å². The number of amides is 1. The molecule has 1 saturated heterocycles. The number of thioether (sulfide) groups is 1. The van der Waals surface area contributed by atoms with Gasteiger partial charge >= 0.3 is 0 Å². The average Bonchev–Trinajstić information content (AvgIpc) is 2.60. The maximum Gasteiger partial charge on any atom is 0.233 e. The highest BCUT2D eigenvalue weighted by molar-refractivity contribution is 7.99. The Balaban J connectivity index is 1.93. The summed E-state index contributed by atoms with van der Waals surface area (Å²) < 4.78 is 0. The van der Waals surface area contributed by atoms with Crippen molar-refractivity contribution in [1.82, 2.24) is 19.8 Å². The van der Waals surface area contributed by atoms with Gasteiger partial charge in [-0.05, 0) is 20.4 Å². The number of hydrogen-bond acceptors (Lipinski definition) is 6. The fourth-order valence-electron chi connectivity index (χ4n) is 2.69. The van der Waals surface area contributed by atoms with E-state index in [9.17, 15) is 4.79 Å². The minimum absolute atomic E-state index is 0.142. The largest absolute Gasteiger partial charge is 0.357 e. The topological polar surface area (TPSA) is 52.6 Å². The van der Waals surface area contributed by atoms with Crippen LogP contribution in [0, 0.1) is 0 Å². The highest BCUT2D eigenvalue weighted by Crippen LogP contribution is 2.22. The Labute approximate surface area is 153 Å². The van der Waals surface area contributed by atoms with E-state index in [0.29, 0.717) is 16.1 Å². The van der Waals surface area contributed by atoms with Crippen LogP contribution in [-0.2, 0) is 4.79 Å². The van der Waals surface area contributed by atoms with E-state index in [1.165, 1.54) is 11.8 Å². The quantitative estimate of drug-likeness (QED) is 0.416. The summed E-state index contributed by atoms with van der Waals surface area (Å²) in [6, 6.07) is 1.77. The van der Waals surface area contributed by atoms with E-state index in [1.807, 2.05) is 4.90 Å². The summed E-state index contributed by atoms with van der Waals surface area (Å²) in [6.07, 6.45) is 0. The van der Waals surface area contributed by atoms with E-state index in [1.54, 1.807) is 6.07 Å². The molecular formula is C16H26ClN5OS. The Morgan fingerprint density at radius 3 is 2.46 bits per heavy atom. The van der Waals surface area contributed by atoms with Crippen molar-refractivity contribution in [2.75, 3.05) is 56.5 Å². The zero-order valence-electron chi connectivity index (χ0n) is 14.7. The predicted molar refractivity (Wildman–Crippen MR) is 100 cm³/mol. The normalized spacial score (nSPS) is 15.6. The molecule has 0 saturated carbocycles. The molecule has 6 nitrogen and oxygen atoms in total. The third kappa shape index (κ3) is 5.22. The molecule has 0 radical (unpaired) electrons. The van der Waals surface area contributed by atoms with Gasteiger partial charge in [-0.1, -0.05) is 30.3 Å². The Morgan fingerprint density at radius 2 is 1.88 bits per heavy atom. The Hall–Kier alpha value is -1.05. The molecule has 0 bridgehead atoms. The van der Waals surface area contributed by atoms with Gasteiger partial charge in [0, 0.05) is 45.3 Å². The van der Waals surface area contributed by atoms with E-state index in [-0.39, 0.29) is 5.91 Å². The van der Waals surface area contributed by atoms with Crippen molar-refractivity contribution >= 4 is 35.1 Å². The molecule has 1 aliphatic rings. The van der Waals surface area contributed by atoms with Gasteiger partial charge in [-0.3, -0.25) is 4.79 Å². The van der Waals surface area contributed by atoms with Crippen molar-refractivity contribution in [2.45, 2.75) is 25.9 Å². The fourth-order valence-corrected chi connectivity index (χ4v) is 3.67. The lowest BCUT2D eigenvalue weighted by Crippen LogP contribution is -2.49. The van der Waals surface area contributed by atoms with Gasteiger partial charge in [0.15, 0.2) is 5.16 Å². The van der Waals surface area contributed by atoms with Crippen LogP contribution in [0.4, 0.5) is 5.82 Å². The Bertz CT molecular complexity index is 547. The zero-order valence-corrected chi connectivity index (χ0v) is 16.2. The molecular weight excluding hydrogens is 346 g/mol. The summed E-state index contributed by atoms with van der Waals surface area (Å²) in [4.78, 5) is 27.5. The lowest BCUT2D eigenvalue weighted by Gasteiger charge is -2.34. The maximum atomic E-state index is 12.4. The maximum absolute atomic E-state index is 12.4. The van der Waals surface area contributed by atoms with Gasteiger partial charge in [0.25, 0.3) is 0 Å². The lowest BCUT2D eigenvalue weighted by atomic mass is 10.3. The van der Waals surface area contributed by atoms with Gasteiger partial charge in [0.1, 0.15) is 11.0 Å². The summed E-state index contributed by atoms with van der Waals surface area (Å²) in [7, 11) is 0. The number of nitrogens with zero attached hydrogens (tertiary/aromatic N) is 5. The van der Waals surface area contributed by atoms with Crippen LogP contribution in [0.3, 0.4) is 0 Å². The van der Waals surface area contributed by atoms with Crippen LogP contribution in [0.15, 0.2) is 11.2 Å². The molecule has 1 fully saturated rings. The van der Waals surface area contributed by atoms with E-state index in [0.717, 1.165) is 51.6 Å². The predicted octanol–water partition coefficient (Wildman–Crippen LogP) is 2.23. The molecule has 8 heteroatoms. The number of carbonyl (C=O) groups excluding carboxylic acids is 1. The van der Waals surface area contributed by atoms with Crippen LogP contribution >= 0.6 is 23.4 Å². The Morgan fingerprint density at radius 1 is 1.21 bits per heavy atom. The molecule has 0 atom stereocenters. The van der Waals surface area contributed by atoms with Gasteiger partial charge in [0.2, 0.25) is 5.91 Å². The van der Waals surface area contributed by atoms with Crippen LogP contribution < -0.4 is 4.90 Å². The van der Waals surface area contributed by atoms with Crippen molar-refractivity contribution < 1.29 is 4.79 Å². The van der Waals surface area contributed by atoms with Gasteiger partial charge in [0.05, 0.1) is 5.75 Å². The van der Waals surface area contributed by atoms with E-state index < -0.39 is 0 Å². The monoisotopic (exact) mass is 371 g/mol. The third-order valence-corrected chi connectivity index (χ3v) is 5.27. The summed E-state index contributed by atoms with van der Waals surface area (Å²) in [5, 5.41) is 0.975. The Kier molecular flexibility index (Phi) is 7.58. The SMILES string of the molecule is CCN1CCN(C(=O)CSc2nc(Cl)cc(N(CC)CC)n2)CC1. The molecule has 2 heterocycles. The summed E-state index contributed by atoms with van der Waals surface area (Å²) in [6.45, 7) is 12.6. The van der Waals surface area contributed by atoms with Crippen LogP contribution in [0.1, 0.15) is 20.8 Å². The summed E-state index contributed by atoms with van der Waals surface area (Å²) >= 11 is 7.47. The van der Waals surface area contributed by atoms with Gasteiger partial charge < -0.3 is 14.7 Å². The van der Waals surface area contributed by atoms with Crippen LogP contribution in [-0.4, -0.2) is 77.2 Å². The first-order valence-electron chi connectivity index (χ1n) is 8.49. The molecule has 24 heavy (non-hydrogen) atoms. The number of halogens is 1. The fraction of sp³-hybridized carbons (Fsp3) is 0.688. The number of carbonyl (C=O) groups is 1. The van der Waals surface area contributed by atoms with Gasteiger partial charge in [-0.2, -0.15) is 0 Å². The number of aromatic nitrogens is 2. The molecule has 2 rings (SSSR count). The standard InChI is InChI=1S/C16H26ClN5OS/c1-4-20-7-9-22(10-8-20)15(23)12-24-16-18-13(17)11-14(19-16)21(5-2)6-3/h11H,4-10,12H2,1-3H3. The van der Waals surface area contributed by atoms with Crippen LogP contribution in [0.2, 0.25) is 5.15 Å². The number of hydrogen-bond donors (Lipinski definition) is 0. The molecule has 0 aromatic carbocycles. The van der Waals surface area contributed by atoms with Crippen molar-refractivity contribution in [3.05, 3.63) is 11.2 Å². The summed E-state index contributed by atoms with van der Waals surface area (Å²) in [5.74, 6) is 1.31. The molecule has 0 aliphatic carbocycles. The summed E-state index contributed by atoms with van der Waals surface area (Å²) in [5.41, 5.74) is 0. The van der Waals surface area contributed by atoms with Crippen molar-refractivity contribution in [2.24, 2.45) is 0 Å². The van der Waals surface area contributed by atoms with Gasteiger partial charge in [-0.25, -0.2) is 9.97 Å². The number of likely N-dealkylation sites (N-methyl/N-ethyl adjacent to an activating group) is 1. The second-order valence-corrected chi connectivity index (χ2v) is 6.94. The molecule has 1 aromatic heterocycles. The highest BCUT2D eigenvalue weighted by atomic mass is 35.5. The first kappa shape index (κ1) is 19.3. The first-order valence-corrected chi connectivity index (χ1v) is 9.86. The number of rotatable bonds is 7. The molecule has 1 amide bonds. The van der Waals surface area contributed by atoms with Crippen molar-refractivity contribution in [3.8, 4) is 0 Å². The minimum Gasteiger partial charge on any atom is -0.357 e. The zero-order chi connectivity index (χ0) is 17.5. The molecule has 1 aliphatic heterocycles. The van der Waals surface area contributed by atoms with Crippen molar-refractivity contribution in [3.63, 3.8) is 0 Å². The average molecular weight is 372 g/mol. The molecule has 0 spiro atoms. The molecule has 134 valence electrons. The van der Waals surface area contributed by atoms with E-state index >= 15 is 0 Å². The molecule has 0 unspecified atom stereocenters. The van der Waals surface area contributed by atoms with Crippen molar-refractivity contribution in [1.29, 1.82) is 0 Å². The number of piperazine rings is 1. The molecule has 1 aromatic rings. The number of anilines is 1. The van der Waals surface area contributed by atoms with E-state index in [4.69, 9.17) is 11.6 Å². The highest BCUT2D eigenvalue weighted by Gasteiger charge is 2.20. The smallest absolute Gasteiger partial charge is 0.233 e.